The van der Waals surface area contributed by atoms with E-state index in [-0.39, 0.29) is 5.82 Å². The number of benzene rings is 1. The lowest BCUT2D eigenvalue weighted by Crippen LogP contribution is -2.39. The van der Waals surface area contributed by atoms with E-state index in [1.165, 1.54) is 12.1 Å². The number of nitrogens with zero attached hydrogens (tertiary/aromatic N) is 1. The Labute approximate surface area is 109 Å². The van der Waals surface area contributed by atoms with Gasteiger partial charge in [0.25, 0.3) is 0 Å². The summed E-state index contributed by atoms with van der Waals surface area (Å²) in [6, 6.07) is 6.59. The predicted molar refractivity (Wildman–Crippen MR) is 74.3 cm³/mol. The molecule has 0 saturated carbocycles. The molecule has 18 heavy (non-hydrogen) atoms. The molecule has 1 rings (SSSR count). The normalized spacial score (nSPS) is 11.7. The first-order valence-corrected chi connectivity index (χ1v) is 6.30. The molecule has 2 N–H and O–H groups in total. The minimum atomic E-state index is -0.193. The molecule has 3 nitrogen and oxygen atoms in total. The second-order valence-electron chi connectivity index (χ2n) is 4.65. The van der Waals surface area contributed by atoms with Crippen molar-refractivity contribution in [2.75, 3.05) is 20.1 Å². The molecule has 0 radical (unpaired) electrons. The minimum Gasteiger partial charge on any atom is -0.356 e. The Morgan fingerprint density at radius 2 is 1.89 bits per heavy atom. The topological polar surface area (TPSA) is 36.4 Å². The molecule has 0 saturated heterocycles. The van der Waals surface area contributed by atoms with Crippen LogP contribution in [0.1, 0.15) is 19.4 Å². The molecule has 4 heteroatoms. The average molecular weight is 251 g/mol. The first kappa shape index (κ1) is 14.5. The predicted octanol–water partition coefficient (Wildman–Crippen LogP) is 2.19. The number of rotatable bonds is 5. The third-order valence-electron chi connectivity index (χ3n) is 2.52. The van der Waals surface area contributed by atoms with Gasteiger partial charge >= 0.3 is 0 Å². The van der Waals surface area contributed by atoms with E-state index >= 15 is 0 Å². The van der Waals surface area contributed by atoms with Gasteiger partial charge < -0.3 is 10.6 Å². The van der Waals surface area contributed by atoms with Crippen LogP contribution in [0, 0.1) is 11.7 Å². The highest BCUT2D eigenvalue weighted by atomic mass is 19.1. The van der Waals surface area contributed by atoms with Crippen LogP contribution in [0.4, 0.5) is 4.39 Å². The van der Waals surface area contributed by atoms with Crippen molar-refractivity contribution >= 4 is 5.96 Å². The molecular weight excluding hydrogens is 229 g/mol. The molecule has 0 atom stereocenters. The molecule has 0 fully saturated rings. The highest BCUT2D eigenvalue weighted by Crippen LogP contribution is 2.02. The molecule has 0 bridgehead atoms. The fourth-order valence-corrected chi connectivity index (χ4v) is 1.50. The maximum absolute atomic E-state index is 12.7. The van der Waals surface area contributed by atoms with Crippen molar-refractivity contribution in [3.63, 3.8) is 0 Å². The van der Waals surface area contributed by atoms with Gasteiger partial charge in [-0.15, -0.1) is 0 Å². The summed E-state index contributed by atoms with van der Waals surface area (Å²) in [4.78, 5) is 4.14. The fourth-order valence-electron chi connectivity index (χ4n) is 1.50. The third-order valence-corrected chi connectivity index (χ3v) is 2.52. The largest absolute Gasteiger partial charge is 0.356 e. The minimum absolute atomic E-state index is 0.193. The summed E-state index contributed by atoms with van der Waals surface area (Å²) in [5.74, 6) is 1.20. The Morgan fingerprint density at radius 1 is 1.22 bits per heavy atom. The van der Waals surface area contributed by atoms with Crippen LogP contribution in [-0.4, -0.2) is 26.1 Å². The van der Waals surface area contributed by atoms with Crippen LogP contribution < -0.4 is 10.6 Å². The fraction of sp³-hybridized carbons (Fsp3) is 0.500. The quantitative estimate of drug-likeness (QED) is 0.621. The molecule has 100 valence electrons. The SMILES string of the molecule is CN=C(NCCc1ccc(F)cc1)NCC(C)C. The van der Waals surface area contributed by atoms with Gasteiger partial charge in [-0.1, -0.05) is 26.0 Å². The summed E-state index contributed by atoms with van der Waals surface area (Å²) in [5, 5.41) is 6.48. The second-order valence-corrected chi connectivity index (χ2v) is 4.65. The lowest BCUT2D eigenvalue weighted by molar-refractivity contribution is 0.614. The van der Waals surface area contributed by atoms with E-state index in [0.29, 0.717) is 5.92 Å². The molecule has 1 aromatic carbocycles. The lowest BCUT2D eigenvalue weighted by Gasteiger charge is -2.13. The van der Waals surface area contributed by atoms with Gasteiger partial charge in [0, 0.05) is 20.1 Å². The van der Waals surface area contributed by atoms with Gasteiger partial charge in [-0.25, -0.2) is 4.39 Å². The second kappa shape index (κ2) is 7.69. The van der Waals surface area contributed by atoms with E-state index in [1.807, 2.05) is 0 Å². The van der Waals surface area contributed by atoms with E-state index in [1.54, 1.807) is 19.2 Å². The van der Waals surface area contributed by atoms with Crippen molar-refractivity contribution in [3.05, 3.63) is 35.6 Å². The summed E-state index contributed by atoms with van der Waals surface area (Å²) < 4.78 is 12.7. The zero-order valence-corrected chi connectivity index (χ0v) is 11.3. The Kier molecular flexibility index (Phi) is 6.19. The molecule has 0 unspecified atom stereocenters. The Morgan fingerprint density at radius 3 is 2.44 bits per heavy atom. The van der Waals surface area contributed by atoms with Crippen LogP contribution in [0.15, 0.2) is 29.3 Å². The number of guanidine groups is 1. The van der Waals surface area contributed by atoms with Gasteiger partial charge in [0.1, 0.15) is 5.82 Å². The van der Waals surface area contributed by atoms with Crippen molar-refractivity contribution in [2.24, 2.45) is 10.9 Å². The van der Waals surface area contributed by atoms with E-state index in [4.69, 9.17) is 0 Å². The van der Waals surface area contributed by atoms with E-state index in [2.05, 4.69) is 29.5 Å². The Balaban J connectivity index is 2.29. The number of nitrogens with one attached hydrogen (secondary N) is 2. The van der Waals surface area contributed by atoms with Gasteiger partial charge in [0.15, 0.2) is 5.96 Å². The van der Waals surface area contributed by atoms with Gasteiger partial charge in [-0.2, -0.15) is 0 Å². The van der Waals surface area contributed by atoms with Crippen molar-refractivity contribution in [1.82, 2.24) is 10.6 Å². The summed E-state index contributed by atoms with van der Waals surface area (Å²) in [6.45, 7) is 5.98. The van der Waals surface area contributed by atoms with E-state index in [0.717, 1.165) is 31.0 Å². The Bertz CT molecular complexity index is 371. The van der Waals surface area contributed by atoms with Crippen LogP contribution in [0.3, 0.4) is 0 Å². The standard InChI is InChI=1S/C14H22FN3/c1-11(2)10-18-14(16-3)17-9-8-12-4-6-13(15)7-5-12/h4-7,11H,8-10H2,1-3H3,(H2,16,17,18). The van der Waals surface area contributed by atoms with Crippen LogP contribution in [-0.2, 0) is 6.42 Å². The molecule has 1 aromatic rings. The number of halogens is 1. The molecule has 0 aromatic heterocycles. The number of hydrogen-bond donors (Lipinski definition) is 2. The summed E-state index contributed by atoms with van der Waals surface area (Å²) in [5.41, 5.74) is 1.11. The van der Waals surface area contributed by atoms with Crippen molar-refractivity contribution in [1.29, 1.82) is 0 Å². The molecule has 0 aliphatic rings. The zero-order valence-electron chi connectivity index (χ0n) is 11.3. The van der Waals surface area contributed by atoms with Crippen LogP contribution >= 0.6 is 0 Å². The molecule has 0 spiro atoms. The van der Waals surface area contributed by atoms with Crippen molar-refractivity contribution in [2.45, 2.75) is 20.3 Å². The monoisotopic (exact) mass is 251 g/mol. The molecule has 0 amide bonds. The van der Waals surface area contributed by atoms with Gasteiger partial charge in [-0.3, -0.25) is 4.99 Å². The first-order chi connectivity index (χ1) is 8.61. The number of hydrogen-bond acceptors (Lipinski definition) is 1. The van der Waals surface area contributed by atoms with Gasteiger partial charge in [0.2, 0.25) is 0 Å². The molecule has 0 aliphatic heterocycles. The zero-order chi connectivity index (χ0) is 13.4. The van der Waals surface area contributed by atoms with Crippen LogP contribution in [0.25, 0.3) is 0 Å². The highest BCUT2D eigenvalue weighted by Gasteiger charge is 1.99. The summed E-state index contributed by atoms with van der Waals surface area (Å²) in [7, 11) is 1.76. The summed E-state index contributed by atoms with van der Waals surface area (Å²) >= 11 is 0. The number of aliphatic imine (C=N–C) groups is 1. The summed E-state index contributed by atoms with van der Waals surface area (Å²) in [6.07, 6.45) is 0.850. The van der Waals surface area contributed by atoms with Crippen LogP contribution in [0.2, 0.25) is 0 Å². The van der Waals surface area contributed by atoms with Crippen LogP contribution in [0.5, 0.6) is 0 Å². The maximum atomic E-state index is 12.7. The van der Waals surface area contributed by atoms with Gasteiger partial charge in [-0.05, 0) is 30.0 Å². The average Bonchev–Trinajstić information content (AvgIpc) is 2.35. The van der Waals surface area contributed by atoms with Gasteiger partial charge in [0.05, 0.1) is 0 Å². The van der Waals surface area contributed by atoms with E-state index < -0.39 is 0 Å². The Hall–Kier alpha value is -1.58. The molecule has 0 heterocycles. The molecular formula is C14H22FN3. The highest BCUT2D eigenvalue weighted by molar-refractivity contribution is 5.79. The first-order valence-electron chi connectivity index (χ1n) is 6.30. The smallest absolute Gasteiger partial charge is 0.190 e. The van der Waals surface area contributed by atoms with Crippen molar-refractivity contribution in [3.8, 4) is 0 Å². The van der Waals surface area contributed by atoms with Crippen molar-refractivity contribution < 1.29 is 4.39 Å². The lowest BCUT2D eigenvalue weighted by atomic mass is 10.1. The van der Waals surface area contributed by atoms with E-state index in [9.17, 15) is 4.39 Å². The molecule has 0 aliphatic carbocycles. The third kappa shape index (κ3) is 5.66. The maximum Gasteiger partial charge on any atom is 0.190 e.